The maximum atomic E-state index is 12.4. The lowest BCUT2D eigenvalue weighted by Gasteiger charge is -2.34. The predicted molar refractivity (Wildman–Crippen MR) is 109 cm³/mol. The van der Waals surface area contributed by atoms with Gasteiger partial charge in [-0.05, 0) is 23.3 Å². The fourth-order valence-electron chi connectivity index (χ4n) is 2.97. The van der Waals surface area contributed by atoms with Crippen molar-refractivity contribution >= 4 is 33.6 Å². The van der Waals surface area contributed by atoms with Crippen molar-refractivity contribution in [3.8, 4) is 0 Å². The molecule has 0 atom stereocenters. The van der Waals surface area contributed by atoms with Crippen LogP contribution >= 0.6 is 27.7 Å². The molecule has 0 radical (unpaired) electrons. The number of nitrogens with zero attached hydrogens (tertiary/aromatic N) is 2. The molecule has 5 heteroatoms. The molecule has 2 aromatic carbocycles. The van der Waals surface area contributed by atoms with Crippen LogP contribution in [0.5, 0.6) is 0 Å². The molecule has 1 aliphatic heterocycles. The quantitative estimate of drug-likeness (QED) is 0.707. The number of thioether (sulfide) groups is 1. The second-order valence-electron chi connectivity index (χ2n) is 6.27. The minimum atomic E-state index is 0.263. The van der Waals surface area contributed by atoms with Crippen LogP contribution in [0.2, 0.25) is 0 Å². The molecule has 0 spiro atoms. The number of hydrogen-bond donors (Lipinski definition) is 0. The zero-order valence-corrected chi connectivity index (χ0v) is 16.6. The van der Waals surface area contributed by atoms with E-state index in [4.69, 9.17) is 0 Å². The molecule has 1 amide bonds. The van der Waals surface area contributed by atoms with E-state index in [1.54, 1.807) is 11.8 Å². The Bertz CT molecular complexity index is 687. The van der Waals surface area contributed by atoms with Crippen LogP contribution in [0.15, 0.2) is 59.1 Å². The zero-order chi connectivity index (χ0) is 17.5. The Morgan fingerprint density at radius 2 is 1.68 bits per heavy atom. The van der Waals surface area contributed by atoms with Gasteiger partial charge in [0, 0.05) is 42.9 Å². The van der Waals surface area contributed by atoms with Gasteiger partial charge in [0.1, 0.15) is 0 Å². The van der Waals surface area contributed by atoms with Crippen molar-refractivity contribution in [3.05, 3.63) is 70.2 Å². The van der Waals surface area contributed by atoms with Gasteiger partial charge >= 0.3 is 0 Å². The first-order valence-corrected chi connectivity index (χ1v) is 10.5. The summed E-state index contributed by atoms with van der Waals surface area (Å²) in [6.45, 7) is 4.56. The van der Waals surface area contributed by atoms with Crippen molar-refractivity contribution in [1.29, 1.82) is 0 Å². The van der Waals surface area contributed by atoms with Gasteiger partial charge in [0.05, 0.1) is 5.75 Å². The van der Waals surface area contributed by atoms with Crippen LogP contribution in [0.1, 0.15) is 11.1 Å². The molecule has 2 aromatic rings. The first-order valence-electron chi connectivity index (χ1n) is 8.57. The molecule has 0 N–H and O–H groups in total. The SMILES string of the molecule is O=C(CSCc1cccc(Br)c1)N1CCN(Cc2ccccc2)CC1. The van der Waals surface area contributed by atoms with Crippen molar-refractivity contribution in [2.24, 2.45) is 0 Å². The Kier molecular flexibility index (Phi) is 6.96. The average Bonchev–Trinajstić information content (AvgIpc) is 2.63. The summed E-state index contributed by atoms with van der Waals surface area (Å²) in [5.41, 5.74) is 2.59. The molecule has 3 nitrogen and oxygen atoms in total. The van der Waals surface area contributed by atoms with Crippen LogP contribution in [0.25, 0.3) is 0 Å². The molecular weight excluding hydrogens is 396 g/mol. The molecule has 3 rings (SSSR count). The van der Waals surface area contributed by atoms with Gasteiger partial charge in [-0.3, -0.25) is 9.69 Å². The van der Waals surface area contributed by atoms with Crippen LogP contribution in [0.4, 0.5) is 0 Å². The van der Waals surface area contributed by atoms with E-state index in [2.05, 4.69) is 57.2 Å². The molecule has 0 bridgehead atoms. The summed E-state index contributed by atoms with van der Waals surface area (Å²) in [4.78, 5) is 16.8. The van der Waals surface area contributed by atoms with Gasteiger partial charge in [0.25, 0.3) is 0 Å². The summed E-state index contributed by atoms with van der Waals surface area (Å²) in [5.74, 6) is 1.70. The number of halogens is 1. The van der Waals surface area contributed by atoms with Crippen molar-refractivity contribution in [2.45, 2.75) is 12.3 Å². The number of piperazine rings is 1. The fourth-order valence-corrected chi connectivity index (χ4v) is 4.29. The molecule has 132 valence electrons. The summed E-state index contributed by atoms with van der Waals surface area (Å²) < 4.78 is 1.09. The highest BCUT2D eigenvalue weighted by molar-refractivity contribution is 9.10. The minimum absolute atomic E-state index is 0.263. The highest BCUT2D eigenvalue weighted by atomic mass is 79.9. The van der Waals surface area contributed by atoms with Crippen LogP contribution in [-0.2, 0) is 17.1 Å². The zero-order valence-electron chi connectivity index (χ0n) is 14.2. The van der Waals surface area contributed by atoms with Gasteiger partial charge in [-0.2, -0.15) is 0 Å². The third-order valence-electron chi connectivity index (χ3n) is 4.36. The normalized spacial score (nSPS) is 15.3. The summed E-state index contributed by atoms with van der Waals surface area (Å²) in [6, 6.07) is 18.8. The van der Waals surface area contributed by atoms with Gasteiger partial charge in [-0.15, -0.1) is 11.8 Å². The molecule has 1 aliphatic rings. The number of amides is 1. The van der Waals surface area contributed by atoms with Crippen LogP contribution in [0, 0.1) is 0 Å². The molecule has 25 heavy (non-hydrogen) atoms. The third-order valence-corrected chi connectivity index (χ3v) is 5.84. The van der Waals surface area contributed by atoms with Crippen molar-refractivity contribution in [1.82, 2.24) is 9.80 Å². The van der Waals surface area contributed by atoms with Crippen LogP contribution in [0.3, 0.4) is 0 Å². The van der Waals surface area contributed by atoms with Gasteiger partial charge < -0.3 is 4.90 Å². The average molecular weight is 419 g/mol. The fraction of sp³-hybridized carbons (Fsp3) is 0.350. The largest absolute Gasteiger partial charge is 0.339 e. The van der Waals surface area contributed by atoms with E-state index in [-0.39, 0.29) is 5.91 Å². The number of benzene rings is 2. The molecule has 0 unspecified atom stereocenters. The van der Waals surface area contributed by atoms with Crippen molar-refractivity contribution < 1.29 is 4.79 Å². The molecule has 1 fully saturated rings. The summed E-state index contributed by atoms with van der Waals surface area (Å²) in [7, 11) is 0. The predicted octanol–water partition coefficient (Wildman–Crippen LogP) is 4.03. The number of carbonyl (C=O) groups excluding carboxylic acids is 1. The maximum absolute atomic E-state index is 12.4. The molecule has 1 saturated heterocycles. The van der Waals surface area contributed by atoms with Crippen molar-refractivity contribution in [2.75, 3.05) is 31.9 Å². The maximum Gasteiger partial charge on any atom is 0.232 e. The number of hydrogen-bond acceptors (Lipinski definition) is 3. The van der Waals surface area contributed by atoms with E-state index in [1.165, 1.54) is 11.1 Å². The third kappa shape index (κ3) is 5.87. The van der Waals surface area contributed by atoms with Crippen LogP contribution < -0.4 is 0 Å². The first-order chi connectivity index (χ1) is 12.2. The standard InChI is InChI=1S/C20H23BrN2OS/c21-19-8-4-7-18(13-19)15-25-16-20(24)23-11-9-22(10-12-23)14-17-5-2-1-3-6-17/h1-8,13H,9-12,14-16H2. The molecular formula is C20H23BrN2OS. The molecule has 0 aromatic heterocycles. The lowest BCUT2D eigenvalue weighted by atomic mass is 10.2. The Balaban J connectivity index is 1.38. The van der Waals surface area contributed by atoms with Gasteiger partial charge in [0.2, 0.25) is 5.91 Å². The topological polar surface area (TPSA) is 23.6 Å². The summed E-state index contributed by atoms with van der Waals surface area (Å²) in [5, 5.41) is 0. The molecule has 0 aliphatic carbocycles. The highest BCUT2D eigenvalue weighted by Crippen LogP contribution is 2.18. The number of rotatable bonds is 6. The second kappa shape index (κ2) is 9.41. The molecule has 0 saturated carbocycles. The van der Waals surface area contributed by atoms with Gasteiger partial charge in [-0.1, -0.05) is 58.4 Å². The van der Waals surface area contributed by atoms with E-state index in [1.807, 2.05) is 23.1 Å². The van der Waals surface area contributed by atoms with Gasteiger partial charge in [-0.25, -0.2) is 0 Å². The Hall–Kier alpha value is -1.30. The van der Waals surface area contributed by atoms with Gasteiger partial charge in [0.15, 0.2) is 0 Å². The van der Waals surface area contributed by atoms with E-state index < -0.39 is 0 Å². The van der Waals surface area contributed by atoms with Crippen molar-refractivity contribution in [3.63, 3.8) is 0 Å². The summed E-state index contributed by atoms with van der Waals surface area (Å²) >= 11 is 5.18. The first kappa shape index (κ1) is 18.5. The smallest absolute Gasteiger partial charge is 0.232 e. The highest BCUT2D eigenvalue weighted by Gasteiger charge is 2.20. The van der Waals surface area contributed by atoms with E-state index in [9.17, 15) is 4.79 Å². The summed E-state index contributed by atoms with van der Waals surface area (Å²) in [6.07, 6.45) is 0. The van der Waals surface area contributed by atoms with E-state index in [0.29, 0.717) is 5.75 Å². The lowest BCUT2D eigenvalue weighted by Crippen LogP contribution is -2.48. The Labute approximate surface area is 162 Å². The molecule has 1 heterocycles. The minimum Gasteiger partial charge on any atom is -0.339 e. The lowest BCUT2D eigenvalue weighted by molar-refractivity contribution is -0.130. The van der Waals surface area contributed by atoms with E-state index >= 15 is 0 Å². The number of carbonyl (C=O) groups is 1. The van der Waals surface area contributed by atoms with Crippen LogP contribution in [-0.4, -0.2) is 47.6 Å². The van der Waals surface area contributed by atoms with E-state index in [0.717, 1.165) is 42.9 Å². The Morgan fingerprint density at radius 1 is 0.960 bits per heavy atom. The Morgan fingerprint density at radius 3 is 2.40 bits per heavy atom. The monoisotopic (exact) mass is 418 g/mol. The second-order valence-corrected chi connectivity index (χ2v) is 8.17.